The van der Waals surface area contributed by atoms with Crippen molar-refractivity contribution in [2.24, 2.45) is 0 Å². The molecule has 0 spiro atoms. The molecule has 0 aromatic rings. The van der Waals surface area contributed by atoms with Crippen molar-refractivity contribution >= 4 is 37.5 Å². The minimum atomic E-state index is -1.04. The molecule has 116 valence electrons. The van der Waals surface area contributed by atoms with Crippen LogP contribution in [-0.2, 0) is 0 Å². The molecule has 0 saturated heterocycles. The molecule has 0 fully saturated rings. The van der Waals surface area contributed by atoms with Gasteiger partial charge in [-0.05, 0) is 0 Å². The molecule has 0 N–H and O–H groups in total. The van der Waals surface area contributed by atoms with Crippen molar-refractivity contribution in [2.45, 2.75) is 90.7 Å². The fourth-order valence-electron chi connectivity index (χ4n) is 4.09. The second-order valence-electron chi connectivity index (χ2n) is 10.6. The van der Waals surface area contributed by atoms with E-state index < -0.39 is 37.5 Å². The SMILES string of the molecule is C[Si](C)(C)CC[Si](C)(C)[Si](C)([Si](C)(C)C)[Si](C)(C)C. The zero-order chi connectivity index (χ0) is 15.9. The van der Waals surface area contributed by atoms with E-state index in [-0.39, 0.29) is 0 Å². The van der Waals surface area contributed by atoms with Gasteiger partial charge < -0.3 is 0 Å². The van der Waals surface area contributed by atoms with Crippen LogP contribution in [0.4, 0.5) is 0 Å². The summed E-state index contributed by atoms with van der Waals surface area (Å²) in [5.41, 5.74) is 0. The van der Waals surface area contributed by atoms with E-state index in [9.17, 15) is 0 Å². The molecule has 19 heavy (non-hydrogen) atoms. The zero-order valence-electron chi connectivity index (χ0n) is 15.9. The molecule has 0 rings (SSSR count). The lowest BCUT2D eigenvalue weighted by atomic mass is 10.9. The molecule has 0 amide bonds. The van der Waals surface area contributed by atoms with Gasteiger partial charge in [0.1, 0.15) is 0 Å². The van der Waals surface area contributed by atoms with E-state index in [1.165, 1.54) is 0 Å². The Bertz CT molecular complexity index is 287. The van der Waals surface area contributed by atoms with Crippen molar-refractivity contribution in [1.29, 1.82) is 0 Å². The van der Waals surface area contributed by atoms with Crippen LogP contribution < -0.4 is 0 Å². The van der Waals surface area contributed by atoms with Gasteiger partial charge in [-0.3, -0.25) is 0 Å². The standard InChI is InChI=1S/C14H40Si5/c1-15(2,3)13-14-18(10,11)19(12,16(4,5)6)17(7,8)9/h13-14H2,1-12H3. The van der Waals surface area contributed by atoms with Gasteiger partial charge in [0.2, 0.25) is 0 Å². The van der Waals surface area contributed by atoms with E-state index in [4.69, 9.17) is 0 Å². The average Bonchev–Trinajstić information content (AvgIpc) is 2.08. The topological polar surface area (TPSA) is 0 Å². The molecule has 0 heterocycles. The maximum absolute atomic E-state index is 2.85. The molecule has 0 aliphatic rings. The van der Waals surface area contributed by atoms with Crippen molar-refractivity contribution in [3.8, 4) is 0 Å². The summed E-state index contributed by atoms with van der Waals surface area (Å²) in [6, 6.07) is 3.20. The monoisotopic (exact) mass is 348 g/mol. The third-order valence-electron chi connectivity index (χ3n) is 5.85. The molecule has 0 saturated carbocycles. The van der Waals surface area contributed by atoms with Gasteiger partial charge in [0.25, 0.3) is 0 Å². The van der Waals surface area contributed by atoms with Crippen LogP contribution in [0.5, 0.6) is 0 Å². The van der Waals surface area contributed by atoms with Crippen LogP contribution in [0.15, 0.2) is 0 Å². The summed E-state index contributed by atoms with van der Waals surface area (Å²) in [7, 11) is -3.92. The Morgan fingerprint density at radius 1 is 0.474 bits per heavy atom. The van der Waals surface area contributed by atoms with E-state index in [2.05, 4.69) is 78.6 Å². The number of hydrogen-bond donors (Lipinski definition) is 0. The van der Waals surface area contributed by atoms with Gasteiger partial charge in [-0.15, -0.1) is 0 Å². The van der Waals surface area contributed by atoms with E-state index in [0.29, 0.717) is 0 Å². The average molecular weight is 349 g/mol. The molecule has 0 radical (unpaired) electrons. The Morgan fingerprint density at radius 2 is 0.789 bits per heavy atom. The van der Waals surface area contributed by atoms with Crippen LogP contribution in [0.3, 0.4) is 0 Å². The Balaban J connectivity index is 5.52. The highest BCUT2D eigenvalue weighted by Crippen LogP contribution is 2.40. The number of hydrogen-bond acceptors (Lipinski definition) is 0. The molecule has 5 heteroatoms. The first kappa shape index (κ1) is 20.1. The van der Waals surface area contributed by atoms with Gasteiger partial charge in [0.15, 0.2) is 0 Å². The van der Waals surface area contributed by atoms with Crippen LogP contribution in [-0.4, -0.2) is 37.5 Å². The Kier molecular flexibility index (Phi) is 6.03. The van der Waals surface area contributed by atoms with Crippen LogP contribution >= 0.6 is 0 Å². The van der Waals surface area contributed by atoms with Gasteiger partial charge in [0, 0.05) is 37.5 Å². The predicted molar refractivity (Wildman–Crippen MR) is 109 cm³/mol. The van der Waals surface area contributed by atoms with E-state index in [0.717, 1.165) is 0 Å². The summed E-state index contributed by atoms with van der Waals surface area (Å²) in [5, 5.41) is 0. The van der Waals surface area contributed by atoms with E-state index in [1.54, 1.807) is 12.1 Å². The lowest BCUT2D eigenvalue weighted by Crippen LogP contribution is -2.81. The molecule has 0 aliphatic heterocycles. The highest BCUT2D eigenvalue weighted by atomic mass is 29.9. The second-order valence-corrected chi connectivity index (χ2v) is 58.3. The minimum Gasteiger partial charge on any atom is -0.0746 e. The predicted octanol–water partition coefficient (Wildman–Crippen LogP) is 6.02. The van der Waals surface area contributed by atoms with Crippen LogP contribution in [0.1, 0.15) is 0 Å². The van der Waals surface area contributed by atoms with Crippen LogP contribution in [0, 0.1) is 0 Å². The Morgan fingerprint density at radius 3 is 1.00 bits per heavy atom. The summed E-state index contributed by atoms with van der Waals surface area (Å²) in [4.78, 5) is 0. The summed E-state index contributed by atoms with van der Waals surface area (Å²) >= 11 is 0. The third kappa shape index (κ3) is 4.53. The van der Waals surface area contributed by atoms with Crippen molar-refractivity contribution in [1.82, 2.24) is 0 Å². The third-order valence-corrected chi connectivity index (χ3v) is 84.4. The zero-order valence-corrected chi connectivity index (χ0v) is 20.9. The van der Waals surface area contributed by atoms with E-state index in [1.807, 2.05) is 0 Å². The highest BCUT2D eigenvalue weighted by Gasteiger charge is 2.59. The van der Waals surface area contributed by atoms with Gasteiger partial charge in [-0.25, -0.2) is 0 Å². The molecule has 0 unspecified atom stereocenters. The summed E-state index contributed by atoms with van der Waals surface area (Å²) in [5.74, 6) is 0. The normalized spacial score (nSPS) is 15.8. The van der Waals surface area contributed by atoms with Gasteiger partial charge >= 0.3 is 0 Å². The molecule has 0 atom stereocenters. The maximum Gasteiger partial charge on any atom is 0.0439 e. The quantitative estimate of drug-likeness (QED) is 0.514. The smallest absolute Gasteiger partial charge is 0.0439 e. The van der Waals surface area contributed by atoms with Crippen molar-refractivity contribution in [3.05, 3.63) is 0 Å². The lowest BCUT2D eigenvalue weighted by molar-refractivity contribution is 1.29. The molecule has 0 aliphatic carbocycles. The first-order valence-corrected chi connectivity index (χ1v) is 27.4. The summed E-state index contributed by atoms with van der Waals surface area (Å²) in [6.45, 7) is 31.2. The maximum atomic E-state index is 2.85. The van der Waals surface area contributed by atoms with Crippen molar-refractivity contribution in [2.75, 3.05) is 0 Å². The summed E-state index contributed by atoms with van der Waals surface area (Å²) in [6.07, 6.45) is 0. The van der Waals surface area contributed by atoms with E-state index >= 15 is 0 Å². The molecular formula is C14H40Si5. The fourth-order valence-corrected chi connectivity index (χ4v) is 97.0. The molecule has 0 aromatic carbocycles. The minimum absolute atomic E-state index is 0.876. The molecule has 0 nitrogen and oxygen atoms in total. The lowest BCUT2D eigenvalue weighted by Gasteiger charge is -2.57. The number of rotatable bonds is 6. The Hall–Kier alpha value is 1.08. The second kappa shape index (κ2) is 5.70. The summed E-state index contributed by atoms with van der Waals surface area (Å²) < 4.78 is 0. The van der Waals surface area contributed by atoms with Crippen molar-refractivity contribution in [3.63, 3.8) is 0 Å². The van der Waals surface area contributed by atoms with Crippen LogP contribution in [0.2, 0.25) is 90.7 Å². The fraction of sp³-hybridized carbons (Fsp3) is 1.00. The highest BCUT2D eigenvalue weighted by molar-refractivity contribution is 7.89. The largest absolute Gasteiger partial charge is 0.0746 e. The molecule has 0 bridgehead atoms. The first-order valence-electron chi connectivity index (χ1n) is 7.96. The van der Waals surface area contributed by atoms with Gasteiger partial charge in [-0.2, -0.15) is 0 Å². The molecule has 0 aromatic heterocycles. The van der Waals surface area contributed by atoms with Crippen molar-refractivity contribution < 1.29 is 0 Å². The van der Waals surface area contributed by atoms with Gasteiger partial charge in [-0.1, -0.05) is 90.7 Å². The Labute approximate surface area is 128 Å². The van der Waals surface area contributed by atoms with Crippen LogP contribution in [0.25, 0.3) is 0 Å². The first-order chi connectivity index (χ1) is 7.96. The van der Waals surface area contributed by atoms with Gasteiger partial charge in [0.05, 0.1) is 0 Å². The molecular weight excluding hydrogens is 309 g/mol.